The normalized spacial score (nSPS) is 15.0. The van der Waals surface area contributed by atoms with E-state index in [0.717, 1.165) is 24.8 Å². The van der Waals surface area contributed by atoms with Crippen LogP contribution in [0.2, 0.25) is 0 Å². The highest BCUT2D eigenvalue weighted by atomic mass is 16.5. The average Bonchev–Trinajstić information content (AvgIpc) is 3.37. The molecule has 6 nitrogen and oxygen atoms in total. The number of hydrogen-bond acceptors (Lipinski definition) is 4. The Morgan fingerprint density at radius 2 is 1.92 bits per heavy atom. The fourth-order valence-corrected chi connectivity index (χ4v) is 2.15. The largest absolute Gasteiger partial charge is 0.484 e. The van der Waals surface area contributed by atoms with Crippen LogP contribution in [0.5, 0.6) is 5.75 Å². The summed E-state index contributed by atoms with van der Waals surface area (Å²) >= 11 is 0. The molecule has 0 aromatic heterocycles. The zero-order valence-corrected chi connectivity index (χ0v) is 14.4. The van der Waals surface area contributed by atoms with Gasteiger partial charge >= 0.3 is 0 Å². The molecule has 4 N–H and O–H groups in total. The summed E-state index contributed by atoms with van der Waals surface area (Å²) in [6.45, 7) is 4.43. The van der Waals surface area contributed by atoms with Crippen LogP contribution in [0.4, 0.5) is 0 Å². The molecule has 1 aliphatic rings. The maximum Gasteiger partial charge on any atom is 0.258 e. The molecule has 1 aromatic carbocycles. The topological polar surface area (TPSA) is 93.5 Å². The van der Waals surface area contributed by atoms with Crippen molar-refractivity contribution in [3.05, 3.63) is 29.8 Å². The van der Waals surface area contributed by atoms with Gasteiger partial charge in [-0.05, 0) is 42.9 Å². The molecule has 2 rings (SSSR count). The molecule has 0 unspecified atom stereocenters. The molecular weight excluding hydrogens is 306 g/mol. The number of carbonyl (C=O) groups is 2. The highest BCUT2D eigenvalue weighted by Crippen LogP contribution is 2.18. The number of amides is 2. The molecule has 0 heterocycles. The number of benzene rings is 1. The van der Waals surface area contributed by atoms with Gasteiger partial charge in [-0.15, -0.1) is 0 Å². The van der Waals surface area contributed by atoms with Crippen LogP contribution in [0.15, 0.2) is 24.3 Å². The van der Waals surface area contributed by atoms with E-state index in [1.54, 1.807) is 0 Å². The lowest BCUT2D eigenvalue weighted by Gasteiger charge is -2.15. The van der Waals surface area contributed by atoms with Crippen LogP contribution in [-0.2, 0) is 16.0 Å². The summed E-state index contributed by atoms with van der Waals surface area (Å²) in [5.41, 5.74) is 6.88. The van der Waals surface area contributed by atoms with Crippen molar-refractivity contribution >= 4 is 11.8 Å². The lowest BCUT2D eigenvalue weighted by atomic mass is 10.0. The minimum absolute atomic E-state index is 0.0407. The Labute approximate surface area is 143 Å². The van der Waals surface area contributed by atoms with E-state index in [-0.39, 0.29) is 24.3 Å². The third-order valence-corrected chi connectivity index (χ3v) is 3.97. The van der Waals surface area contributed by atoms with E-state index >= 15 is 0 Å². The molecule has 0 aliphatic heterocycles. The van der Waals surface area contributed by atoms with Gasteiger partial charge in [-0.2, -0.15) is 0 Å². The van der Waals surface area contributed by atoms with Gasteiger partial charge in [-0.25, -0.2) is 0 Å². The van der Waals surface area contributed by atoms with Gasteiger partial charge in [0.15, 0.2) is 6.61 Å². The smallest absolute Gasteiger partial charge is 0.258 e. The number of hydrogen-bond donors (Lipinski definition) is 3. The minimum Gasteiger partial charge on any atom is -0.484 e. The maximum atomic E-state index is 11.8. The number of nitrogens with two attached hydrogens (primary N) is 1. The fourth-order valence-electron chi connectivity index (χ4n) is 2.15. The zero-order valence-electron chi connectivity index (χ0n) is 14.4. The number of carbonyl (C=O) groups excluding carboxylic acids is 2. The molecule has 24 heavy (non-hydrogen) atoms. The Balaban J connectivity index is 1.67. The molecule has 2 amide bonds. The first-order valence-corrected chi connectivity index (χ1v) is 8.50. The van der Waals surface area contributed by atoms with Crippen molar-refractivity contribution < 1.29 is 14.3 Å². The van der Waals surface area contributed by atoms with Crippen LogP contribution in [0.3, 0.4) is 0 Å². The molecule has 1 fully saturated rings. The minimum atomic E-state index is -0.470. The lowest BCUT2D eigenvalue weighted by Crippen LogP contribution is -2.44. The molecular formula is C18H27N3O3. The van der Waals surface area contributed by atoms with Crippen LogP contribution in [0.1, 0.15) is 32.3 Å². The predicted octanol–water partition coefficient (Wildman–Crippen LogP) is 0.986. The summed E-state index contributed by atoms with van der Waals surface area (Å²) < 4.78 is 5.45. The van der Waals surface area contributed by atoms with Crippen LogP contribution in [-0.4, -0.2) is 37.0 Å². The number of ether oxygens (including phenoxy) is 1. The van der Waals surface area contributed by atoms with Gasteiger partial charge < -0.3 is 21.1 Å². The summed E-state index contributed by atoms with van der Waals surface area (Å²) in [7, 11) is 0. The predicted molar refractivity (Wildman–Crippen MR) is 92.6 cm³/mol. The van der Waals surface area contributed by atoms with E-state index in [0.29, 0.717) is 18.3 Å². The molecule has 6 heteroatoms. The summed E-state index contributed by atoms with van der Waals surface area (Å²) in [5.74, 6) is 0.589. The quantitative estimate of drug-likeness (QED) is 0.628. The van der Waals surface area contributed by atoms with E-state index in [1.165, 1.54) is 0 Å². The Morgan fingerprint density at radius 1 is 1.25 bits per heavy atom. The van der Waals surface area contributed by atoms with E-state index in [2.05, 4.69) is 10.6 Å². The standard InChI is InChI=1S/C18H27N3O3/c1-12(2)17(19)18(23)20-10-9-13-3-7-15(8-4-13)24-11-16(22)21-14-5-6-14/h3-4,7-8,12,14,17H,5-6,9-11,19H2,1-2H3,(H,20,23)(H,21,22)/t17-/m0/s1. The second-order valence-corrected chi connectivity index (χ2v) is 6.59. The van der Waals surface area contributed by atoms with Crippen molar-refractivity contribution in [1.82, 2.24) is 10.6 Å². The molecule has 1 atom stereocenters. The first-order chi connectivity index (χ1) is 11.5. The van der Waals surface area contributed by atoms with Gasteiger partial charge in [0.25, 0.3) is 5.91 Å². The molecule has 0 bridgehead atoms. The Hall–Kier alpha value is -2.08. The van der Waals surface area contributed by atoms with E-state index < -0.39 is 6.04 Å². The second-order valence-electron chi connectivity index (χ2n) is 6.59. The van der Waals surface area contributed by atoms with Crippen molar-refractivity contribution in [2.75, 3.05) is 13.2 Å². The Bertz CT molecular complexity index is 553. The first kappa shape index (κ1) is 18.3. The molecule has 0 radical (unpaired) electrons. The van der Waals surface area contributed by atoms with Gasteiger partial charge in [0.05, 0.1) is 6.04 Å². The maximum absolute atomic E-state index is 11.8. The number of nitrogens with one attached hydrogen (secondary N) is 2. The lowest BCUT2D eigenvalue weighted by molar-refractivity contribution is -0.124. The van der Waals surface area contributed by atoms with Crippen molar-refractivity contribution in [3.63, 3.8) is 0 Å². The zero-order chi connectivity index (χ0) is 17.5. The monoisotopic (exact) mass is 333 g/mol. The second kappa shape index (κ2) is 8.68. The number of rotatable bonds is 9. The van der Waals surface area contributed by atoms with Crippen molar-refractivity contribution in [3.8, 4) is 5.75 Å². The average molecular weight is 333 g/mol. The molecule has 1 aromatic rings. The van der Waals surface area contributed by atoms with Crippen LogP contribution < -0.4 is 21.1 Å². The third-order valence-electron chi connectivity index (χ3n) is 3.97. The van der Waals surface area contributed by atoms with E-state index in [4.69, 9.17) is 10.5 Å². The third kappa shape index (κ3) is 6.20. The van der Waals surface area contributed by atoms with Crippen molar-refractivity contribution in [2.45, 2.75) is 45.2 Å². The van der Waals surface area contributed by atoms with Crippen LogP contribution in [0.25, 0.3) is 0 Å². The SMILES string of the molecule is CC(C)[C@H](N)C(=O)NCCc1ccc(OCC(=O)NC2CC2)cc1. The molecule has 132 valence electrons. The van der Waals surface area contributed by atoms with Crippen LogP contribution in [0, 0.1) is 5.92 Å². The Morgan fingerprint density at radius 3 is 2.50 bits per heavy atom. The van der Waals surface area contributed by atoms with Gasteiger partial charge in [0, 0.05) is 12.6 Å². The summed E-state index contributed by atoms with van der Waals surface area (Å²) in [5, 5.41) is 5.72. The summed E-state index contributed by atoms with van der Waals surface area (Å²) in [6, 6.07) is 7.42. The van der Waals surface area contributed by atoms with Gasteiger partial charge in [0.1, 0.15) is 5.75 Å². The summed E-state index contributed by atoms with van der Waals surface area (Å²) in [4.78, 5) is 23.3. The van der Waals surface area contributed by atoms with Gasteiger partial charge in [-0.1, -0.05) is 26.0 Å². The first-order valence-electron chi connectivity index (χ1n) is 8.50. The van der Waals surface area contributed by atoms with E-state index in [1.807, 2.05) is 38.1 Å². The van der Waals surface area contributed by atoms with Crippen molar-refractivity contribution in [1.29, 1.82) is 0 Å². The van der Waals surface area contributed by atoms with Crippen LogP contribution >= 0.6 is 0 Å². The fraction of sp³-hybridized carbons (Fsp3) is 0.556. The highest BCUT2D eigenvalue weighted by molar-refractivity contribution is 5.81. The highest BCUT2D eigenvalue weighted by Gasteiger charge is 2.23. The molecule has 0 saturated heterocycles. The molecule has 1 saturated carbocycles. The van der Waals surface area contributed by atoms with Crippen molar-refractivity contribution in [2.24, 2.45) is 11.7 Å². The Kier molecular flexibility index (Phi) is 6.61. The van der Waals surface area contributed by atoms with Gasteiger partial charge in [-0.3, -0.25) is 9.59 Å². The van der Waals surface area contributed by atoms with Gasteiger partial charge in [0.2, 0.25) is 5.91 Å². The summed E-state index contributed by atoms with van der Waals surface area (Å²) in [6.07, 6.45) is 2.86. The molecule has 0 spiro atoms. The van der Waals surface area contributed by atoms with E-state index in [9.17, 15) is 9.59 Å². The molecule has 1 aliphatic carbocycles.